The number of rotatable bonds is 2. The van der Waals surface area contributed by atoms with E-state index in [-0.39, 0.29) is 0 Å². The van der Waals surface area contributed by atoms with Gasteiger partial charge in [0.1, 0.15) is 0 Å². The van der Waals surface area contributed by atoms with E-state index in [0.717, 1.165) is 24.5 Å². The molecule has 0 saturated carbocycles. The molecular weight excluding hydrogens is 198 g/mol. The van der Waals surface area contributed by atoms with E-state index < -0.39 is 0 Å². The van der Waals surface area contributed by atoms with Crippen molar-refractivity contribution in [3.8, 4) is 0 Å². The van der Waals surface area contributed by atoms with E-state index in [2.05, 4.69) is 32.6 Å². The van der Waals surface area contributed by atoms with E-state index in [1.165, 1.54) is 25.8 Å². The molecule has 2 saturated heterocycles. The van der Waals surface area contributed by atoms with Crippen LogP contribution in [0.5, 0.6) is 0 Å². The predicted molar refractivity (Wildman–Crippen MR) is 67.5 cm³/mol. The number of hydrogen-bond donors (Lipinski definition) is 0. The minimum atomic E-state index is 0.552. The zero-order valence-electron chi connectivity index (χ0n) is 11.3. The van der Waals surface area contributed by atoms with Gasteiger partial charge in [0.05, 0.1) is 6.10 Å². The topological polar surface area (TPSA) is 12.5 Å². The van der Waals surface area contributed by atoms with Crippen LogP contribution in [0.25, 0.3) is 0 Å². The molecule has 0 radical (unpaired) electrons. The Morgan fingerprint density at radius 2 is 1.94 bits per heavy atom. The molecule has 2 heteroatoms. The monoisotopic (exact) mass is 225 g/mol. The number of nitrogens with zero attached hydrogens (tertiary/aromatic N) is 1. The summed E-state index contributed by atoms with van der Waals surface area (Å²) in [6.45, 7) is 11.6. The highest BCUT2D eigenvalue weighted by Crippen LogP contribution is 2.34. The van der Waals surface area contributed by atoms with Crippen molar-refractivity contribution in [3.63, 3.8) is 0 Å². The lowest BCUT2D eigenvalue weighted by atomic mass is 9.81. The second-order valence-corrected chi connectivity index (χ2v) is 6.15. The number of ether oxygens (including phenoxy) is 1. The smallest absolute Gasteiger partial charge is 0.0630 e. The van der Waals surface area contributed by atoms with Gasteiger partial charge in [0.2, 0.25) is 0 Å². The first-order valence-electron chi connectivity index (χ1n) is 6.97. The average molecular weight is 225 g/mol. The molecule has 2 rings (SSSR count). The summed E-state index contributed by atoms with van der Waals surface area (Å²) in [5.74, 6) is 1.54. The fourth-order valence-corrected chi connectivity index (χ4v) is 3.40. The summed E-state index contributed by atoms with van der Waals surface area (Å²) in [4.78, 5) is 2.71. The molecule has 2 aliphatic rings. The molecule has 0 N–H and O–H groups in total. The second-order valence-electron chi connectivity index (χ2n) is 6.15. The Hall–Kier alpha value is -0.0800. The van der Waals surface area contributed by atoms with Crippen LogP contribution in [0.4, 0.5) is 0 Å². The summed E-state index contributed by atoms with van der Waals surface area (Å²) in [7, 11) is 0. The minimum absolute atomic E-state index is 0.552. The average Bonchev–Trinajstić information content (AvgIpc) is 2.27. The van der Waals surface area contributed by atoms with Crippen LogP contribution in [0.2, 0.25) is 0 Å². The number of hydrogen-bond acceptors (Lipinski definition) is 2. The van der Waals surface area contributed by atoms with Gasteiger partial charge in [0.25, 0.3) is 0 Å². The minimum Gasteiger partial charge on any atom is -0.378 e. The van der Waals surface area contributed by atoms with Crippen molar-refractivity contribution in [1.82, 2.24) is 4.90 Å². The quantitative estimate of drug-likeness (QED) is 0.716. The van der Waals surface area contributed by atoms with Gasteiger partial charge < -0.3 is 4.74 Å². The fourth-order valence-electron chi connectivity index (χ4n) is 3.40. The molecule has 2 nitrogen and oxygen atoms in total. The van der Waals surface area contributed by atoms with Crippen LogP contribution in [-0.4, -0.2) is 36.2 Å². The Kier molecular flexibility index (Phi) is 3.91. The zero-order chi connectivity index (χ0) is 11.7. The van der Waals surface area contributed by atoms with Crippen LogP contribution in [0.3, 0.4) is 0 Å². The van der Waals surface area contributed by atoms with Crippen molar-refractivity contribution >= 4 is 0 Å². The maximum atomic E-state index is 5.96. The predicted octanol–water partition coefficient (Wildman–Crippen LogP) is 2.92. The standard InChI is InChI=1S/C14H27NO/c1-10(2)13-8-14-12(6-5-7-16-14)9-15(13)11(3)4/h10-14H,5-9H2,1-4H3. The third kappa shape index (κ3) is 2.43. The molecule has 0 bridgehead atoms. The lowest BCUT2D eigenvalue weighted by Gasteiger charge is -2.49. The van der Waals surface area contributed by atoms with Gasteiger partial charge in [-0.25, -0.2) is 0 Å². The molecule has 0 aromatic heterocycles. The SMILES string of the molecule is CC(C)C1CC2OCCCC2CN1C(C)C. The van der Waals surface area contributed by atoms with E-state index in [1.807, 2.05) is 0 Å². The van der Waals surface area contributed by atoms with Crippen molar-refractivity contribution in [2.75, 3.05) is 13.2 Å². The van der Waals surface area contributed by atoms with Crippen LogP contribution in [0.1, 0.15) is 47.0 Å². The molecule has 2 fully saturated rings. The van der Waals surface area contributed by atoms with Crippen molar-refractivity contribution < 1.29 is 4.74 Å². The molecule has 94 valence electrons. The second kappa shape index (κ2) is 5.05. The summed E-state index contributed by atoms with van der Waals surface area (Å²) in [6.07, 6.45) is 4.44. The van der Waals surface area contributed by atoms with Crippen LogP contribution >= 0.6 is 0 Å². The lowest BCUT2D eigenvalue weighted by molar-refractivity contribution is -0.0984. The van der Waals surface area contributed by atoms with Gasteiger partial charge in [-0.15, -0.1) is 0 Å². The highest BCUT2D eigenvalue weighted by molar-refractivity contribution is 4.92. The van der Waals surface area contributed by atoms with Gasteiger partial charge >= 0.3 is 0 Å². The third-order valence-corrected chi connectivity index (χ3v) is 4.35. The first kappa shape index (κ1) is 12.4. The fraction of sp³-hybridized carbons (Fsp3) is 1.00. The Morgan fingerprint density at radius 3 is 2.56 bits per heavy atom. The van der Waals surface area contributed by atoms with Crippen LogP contribution in [0, 0.1) is 11.8 Å². The number of likely N-dealkylation sites (tertiary alicyclic amines) is 1. The van der Waals surface area contributed by atoms with Gasteiger partial charge in [0.15, 0.2) is 0 Å². The van der Waals surface area contributed by atoms with Gasteiger partial charge in [-0.1, -0.05) is 13.8 Å². The van der Waals surface area contributed by atoms with Gasteiger partial charge in [-0.05, 0) is 44.9 Å². The van der Waals surface area contributed by atoms with E-state index in [4.69, 9.17) is 4.74 Å². The first-order valence-corrected chi connectivity index (χ1v) is 6.97. The molecule has 0 aromatic rings. The van der Waals surface area contributed by atoms with E-state index in [9.17, 15) is 0 Å². The lowest BCUT2D eigenvalue weighted by Crippen LogP contribution is -2.55. The number of fused-ring (bicyclic) bond motifs is 1. The molecule has 2 heterocycles. The van der Waals surface area contributed by atoms with Gasteiger partial charge in [0, 0.05) is 25.2 Å². The summed E-state index contributed by atoms with van der Waals surface area (Å²) in [6, 6.07) is 1.40. The molecular formula is C14H27NO. The first-order chi connectivity index (χ1) is 7.59. The maximum Gasteiger partial charge on any atom is 0.0630 e. The van der Waals surface area contributed by atoms with Crippen LogP contribution in [0.15, 0.2) is 0 Å². The van der Waals surface area contributed by atoms with Crippen molar-refractivity contribution in [3.05, 3.63) is 0 Å². The summed E-state index contributed by atoms with van der Waals surface area (Å²) in [5.41, 5.74) is 0. The molecule has 0 aliphatic carbocycles. The Morgan fingerprint density at radius 1 is 1.19 bits per heavy atom. The molecule has 0 spiro atoms. The van der Waals surface area contributed by atoms with E-state index in [0.29, 0.717) is 12.1 Å². The highest BCUT2D eigenvalue weighted by atomic mass is 16.5. The van der Waals surface area contributed by atoms with Crippen molar-refractivity contribution in [1.29, 1.82) is 0 Å². The normalized spacial score (nSPS) is 36.8. The zero-order valence-corrected chi connectivity index (χ0v) is 11.3. The molecule has 3 atom stereocenters. The van der Waals surface area contributed by atoms with Gasteiger partial charge in [-0.3, -0.25) is 4.90 Å². The molecule has 3 unspecified atom stereocenters. The Balaban J connectivity index is 2.07. The molecule has 16 heavy (non-hydrogen) atoms. The summed E-state index contributed by atoms with van der Waals surface area (Å²) < 4.78 is 5.96. The van der Waals surface area contributed by atoms with Crippen LogP contribution in [-0.2, 0) is 4.74 Å². The molecule has 2 aliphatic heterocycles. The summed E-state index contributed by atoms with van der Waals surface area (Å²) >= 11 is 0. The Labute approximate surface area is 100 Å². The summed E-state index contributed by atoms with van der Waals surface area (Å²) in [5, 5.41) is 0. The third-order valence-electron chi connectivity index (χ3n) is 4.35. The molecule has 0 aromatic carbocycles. The maximum absolute atomic E-state index is 5.96. The largest absolute Gasteiger partial charge is 0.378 e. The van der Waals surface area contributed by atoms with E-state index in [1.54, 1.807) is 0 Å². The van der Waals surface area contributed by atoms with Gasteiger partial charge in [-0.2, -0.15) is 0 Å². The van der Waals surface area contributed by atoms with Crippen molar-refractivity contribution in [2.45, 2.75) is 65.1 Å². The highest BCUT2D eigenvalue weighted by Gasteiger charge is 2.39. The number of piperidine rings is 1. The Bertz CT molecular complexity index is 203. The van der Waals surface area contributed by atoms with Crippen molar-refractivity contribution in [2.24, 2.45) is 11.8 Å². The van der Waals surface area contributed by atoms with E-state index >= 15 is 0 Å². The van der Waals surface area contributed by atoms with Crippen LogP contribution < -0.4 is 0 Å². The molecule has 0 amide bonds.